The Morgan fingerprint density at radius 2 is 1.77 bits per heavy atom. The fourth-order valence-electron chi connectivity index (χ4n) is 4.10. The third kappa shape index (κ3) is 2.82. The molecule has 7 heteroatoms. The highest BCUT2D eigenvalue weighted by atomic mass is 35.5. The van der Waals surface area contributed by atoms with E-state index in [9.17, 15) is 14.0 Å². The molecule has 1 spiro atoms. The van der Waals surface area contributed by atoms with Crippen molar-refractivity contribution in [1.82, 2.24) is 0 Å². The van der Waals surface area contributed by atoms with Crippen molar-refractivity contribution >= 4 is 46.6 Å². The first-order chi connectivity index (χ1) is 14.5. The summed E-state index contributed by atoms with van der Waals surface area (Å²) in [6.45, 7) is 0.348. The van der Waals surface area contributed by atoms with Crippen LogP contribution in [0.15, 0.2) is 72.8 Å². The topological polar surface area (TPSA) is 40.6 Å². The number of carbonyl (C=O) groups is 2. The number of benzene rings is 3. The van der Waals surface area contributed by atoms with Crippen molar-refractivity contribution in [3.05, 3.63) is 94.8 Å². The summed E-state index contributed by atoms with van der Waals surface area (Å²) < 4.78 is 14.0. The Hall–Kier alpha value is -2.83. The lowest BCUT2D eigenvalue weighted by atomic mass is 10.0. The largest absolute Gasteiger partial charge is 0.304 e. The van der Waals surface area contributed by atoms with Crippen molar-refractivity contribution in [3.8, 4) is 0 Å². The summed E-state index contributed by atoms with van der Waals surface area (Å²) in [6, 6.07) is 20.6. The second kappa shape index (κ2) is 7.15. The lowest BCUT2D eigenvalue weighted by molar-refractivity contribution is -0.123. The van der Waals surface area contributed by atoms with Crippen LogP contribution in [-0.4, -0.2) is 17.6 Å². The number of halogens is 2. The van der Waals surface area contributed by atoms with Gasteiger partial charge >= 0.3 is 0 Å². The average Bonchev–Trinajstić information content (AvgIpc) is 3.21. The van der Waals surface area contributed by atoms with Gasteiger partial charge in [0.15, 0.2) is 0 Å². The number of anilines is 2. The van der Waals surface area contributed by atoms with Crippen LogP contribution in [0.1, 0.15) is 11.1 Å². The second-order valence-electron chi connectivity index (χ2n) is 7.18. The number of hydrogen-bond donors (Lipinski definition) is 0. The molecule has 1 atom stereocenters. The second-order valence-corrected chi connectivity index (χ2v) is 8.78. The first-order valence-electron chi connectivity index (χ1n) is 9.39. The molecule has 0 unspecified atom stereocenters. The third-order valence-electron chi connectivity index (χ3n) is 5.38. The van der Waals surface area contributed by atoms with Crippen LogP contribution >= 0.6 is 23.4 Å². The van der Waals surface area contributed by atoms with Gasteiger partial charge in [-0.05, 0) is 42.0 Å². The first kappa shape index (κ1) is 19.2. The first-order valence-corrected chi connectivity index (χ1v) is 10.8. The number of nitrogens with zero attached hydrogens (tertiary/aromatic N) is 2. The van der Waals surface area contributed by atoms with Crippen molar-refractivity contribution in [2.24, 2.45) is 0 Å². The average molecular weight is 439 g/mol. The van der Waals surface area contributed by atoms with Gasteiger partial charge in [-0.2, -0.15) is 0 Å². The van der Waals surface area contributed by atoms with Crippen molar-refractivity contribution in [2.45, 2.75) is 11.4 Å². The normalized spacial score (nSPS) is 20.3. The van der Waals surface area contributed by atoms with Crippen molar-refractivity contribution in [3.63, 3.8) is 0 Å². The minimum Gasteiger partial charge on any atom is -0.304 e. The fraction of sp³-hybridized carbons (Fsp3) is 0.130. The summed E-state index contributed by atoms with van der Waals surface area (Å²) in [7, 11) is 0. The molecule has 2 aliphatic heterocycles. The summed E-state index contributed by atoms with van der Waals surface area (Å²) in [5.74, 6) is -0.740. The maximum Gasteiger partial charge on any atom is 0.269 e. The Morgan fingerprint density at radius 1 is 1.00 bits per heavy atom. The van der Waals surface area contributed by atoms with Crippen LogP contribution in [0.2, 0.25) is 5.02 Å². The molecule has 2 aliphatic rings. The standard InChI is InChI=1S/C23H16ClFN2O2S/c24-16-10-8-15(9-11-16)13-26-20-7-2-1-6-19(20)23(22(26)29)27(21(28)14-30-23)18-5-3-4-17(25)12-18/h1-12H,13-14H2/t23-/m0/s1. The van der Waals surface area contributed by atoms with Gasteiger partial charge in [-0.15, -0.1) is 11.8 Å². The predicted molar refractivity (Wildman–Crippen MR) is 117 cm³/mol. The fourth-order valence-corrected chi connectivity index (χ4v) is 5.59. The van der Waals surface area contributed by atoms with Gasteiger partial charge in [0, 0.05) is 16.3 Å². The quantitative estimate of drug-likeness (QED) is 0.580. The molecule has 0 radical (unpaired) electrons. The Kier molecular flexibility index (Phi) is 4.56. The number of para-hydroxylation sites is 1. The molecular formula is C23H16ClFN2O2S. The van der Waals surface area contributed by atoms with E-state index in [1.54, 1.807) is 29.2 Å². The molecule has 1 saturated heterocycles. The van der Waals surface area contributed by atoms with Gasteiger partial charge in [0.05, 0.1) is 18.0 Å². The van der Waals surface area contributed by atoms with Crippen molar-refractivity contribution in [2.75, 3.05) is 15.6 Å². The molecule has 2 heterocycles. The van der Waals surface area contributed by atoms with Crippen LogP contribution in [0.5, 0.6) is 0 Å². The molecule has 0 N–H and O–H groups in total. The zero-order valence-electron chi connectivity index (χ0n) is 15.7. The monoisotopic (exact) mass is 438 g/mol. The van der Waals surface area contributed by atoms with Crippen LogP contribution in [0.4, 0.5) is 15.8 Å². The minimum atomic E-state index is -1.24. The smallest absolute Gasteiger partial charge is 0.269 e. The summed E-state index contributed by atoms with van der Waals surface area (Å²) in [5.41, 5.74) is 2.79. The predicted octanol–water partition coefficient (Wildman–Crippen LogP) is 4.96. The van der Waals surface area contributed by atoms with Gasteiger partial charge < -0.3 is 4.90 Å². The SMILES string of the molecule is O=C1CS[C@@]2(C(=O)N(Cc3ccc(Cl)cc3)c3ccccc32)N1c1cccc(F)c1. The molecule has 30 heavy (non-hydrogen) atoms. The molecule has 0 aliphatic carbocycles. The highest BCUT2D eigenvalue weighted by Crippen LogP contribution is 2.55. The zero-order valence-corrected chi connectivity index (χ0v) is 17.3. The van der Waals surface area contributed by atoms with E-state index in [0.717, 1.165) is 16.8 Å². The van der Waals surface area contributed by atoms with Gasteiger partial charge in [-0.25, -0.2) is 4.39 Å². The van der Waals surface area contributed by atoms with Crippen LogP contribution in [0.3, 0.4) is 0 Å². The van der Waals surface area contributed by atoms with Crippen LogP contribution in [-0.2, 0) is 21.0 Å². The molecular weight excluding hydrogens is 423 g/mol. The van der Waals surface area contributed by atoms with Gasteiger partial charge in [-0.1, -0.05) is 48.0 Å². The third-order valence-corrected chi connectivity index (χ3v) is 7.02. The summed E-state index contributed by atoms with van der Waals surface area (Å²) in [4.78, 5) is 28.7. The molecule has 1 fully saturated rings. The number of rotatable bonds is 3. The number of hydrogen-bond acceptors (Lipinski definition) is 3. The number of thioether (sulfide) groups is 1. The van der Waals surface area contributed by atoms with E-state index < -0.39 is 10.7 Å². The Balaban J connectivity index is 1.64. The molecule has 2 amide bonds. The summed E-state index contributed by atoms with van der Waals surface area (Å²) >= 11 is 7.27. The lowest BCUT2D eigenvalue weighted by Crippen LogP contribution is -2.49. The number of carbonyl (C=O) groups excluding carboxylic acids is 2. The molecule has 0 saturated carbocycles. The van der Waals surface area contributed by atoms with Crippen LogP contribution in [0.25, 0.3) is 0 Å². The van der Waals surface area contributed by atoms with E-state index in [1.807, 2.05) is 36.4 Å². The van der Waals surface area contributed by atoms with Crippen molar-refractivity contribution < 1.29 is 14.0 Å². The highest BCUT2D eigenvalue weighted by molar-refractivity contribution is 8.02. The summed E-state index contributed by atoms with van der Waals surface area (Å²) in [6.07, 6.45) is 0. The van der Waals surface area contributed by atoms with E-state index in [2.05, 4.69) is 0 Å². The lowest BCUT2D eigenvalue weighted by Gasteiger charge is -2.33. The molecule has 3 aromatic carbocycles. The molecule has 0 aromatic heterocycles. The Labute approximate surface area is 182 Å². The van der Waals surface area contributed by atoms with Gasteiger partial charge in [0.25, 0.3) is 5.91 Å². The highest BCUT2D eigenvalue weighted by Gasteiger charge is 2.60. The van der Waals surface area contributed by atoms with Gasteiger partial charge in [0.2, 0.25) is 10.8 Å². The zero-order chi connectivity index (χ0) is 20.9. The molecule has 0 bridgehead atoms. The summed E-state index contributed by atoms with van der Waals surface area (Å²) in [5, 5.41) is 0.623. The van der Waals surface area contributed by atoms with E-state index in [4.69, 9.17) is 11.6 Å². The molecule has 150 valence electrons. The van der Waals surface area contributed by atoms with E-state index in [0.29, 0.717) is 17.3 Å². The molecule has 5 rings (SSSR count). The number of fused-ring (bicyclic) bond motifs is 2. The van der Waals surface area contributed by atoms with E-state index >= 15 is 0 Å². The van der Waals surface area contributed by atoms with Crippen molar-refractivity contribution in [1.29, 1.82) is 0 Å². The van der Waals surface area contributed by atoms with Crippen LogP contribution in [0, 0.1) is 5.82 Å². The molecule has 3 aromatic rings. The Bertz CT molecular complexity index is 1170. The number of amides is 2. The van der Waals surface area contributed by atoms with E-state index in [-0.39, 0.29) is 17.6 Å². The van der Waals surface area contributed by atoms with Gasteiger partial charge in [0.1, 0.15) is 5.82 Å². The van der Waals surface area contributed by atoms with Crippen LogP contribution < -0.4 is 9.80 Å². The van der Waals surface area contributed by atoms with Gasteiger partial charge in [-0.3, -0.25) is 14.5 Å². The molecule has 4 nitrogen and oxygen atoms in total. The van der Waals surface area contributed by atoms with E-state index in [1.165, 1.54) is 28.8 Å². The maximum absolute atomic E-state index is 14.0. The minimum absolute atomic E-state index is 0.144. The maximum atomic E-state index is 14.0. The Morgan fingerprint density at radius 3 is 2.53 bits per heavy atom.